The van der Waals surface area contributed by atoms with Gasteiger partial charge in [-0.15, -0.1) is 5.10 Å². The topological polar surface area (TPSA) is 64.9 Å². The predicted molar refractivity (Wildman–Crippen MR) is 71.3 cm³/mol. The molecule has 1 N–H and O–H groups in total. The maximum atomic E-state index is 5.58. The lowest BCUT2D eigenvalue weighted by molar-refractivity contribution is 0.121. The molecule has 0 saturated carbocycles. The maximum Gasteiger partial charge on any atom is 0.143 e. The molecule has 0 spiro atoms. The van der Waals surface area contributed by atoms with Crippen molar-refractivity contribution in [1.82, 2.24) is 20.2 Å². The second-order valence-electron chi connectivity index (χ2n) is 4.87. The molecule has 2 aromatic rings. The van der Waals surface area contributed by atoms with E-state index in [4.69, 9.17) is 4.74 Å². The van der Waals surface area contributed by atoms with Gasteiger partial charge in [-0.3, -0.25) is 0 Å². The summed E-state index contributed by atoms with van der Waals surface area (Å²) in [5.74, 6) is 0. The Balaban J connectivity index is 1.86. The molecule has 1 aliphatic rings. The Morgan fingerprint density at radius 1 is 1.42 bits per heavy atom. The van der Waals surface area contributed by atoms with Gasteiger partial charge in [-0.1, -0.05) is 6.07 Å². The lowest BCUT2D eigenvalue weighted by atomic mass is 10.1. The van der Waals surface area contributed by atoms with E-state index in [0.717, 1.165) is 24.4 Å². The highest BCUT2D eigenvalue weighted by atomic mass is 16.5. The van der Waals surface area contributed by atoms with E-state index in [9.17, 15) is 0 Å². The molecule has 0 radical (unpaired) electrons. The minimum Gasteiger partial charge on any atom is -0.379 e. The number of nitrogens with one attached hydrogen (secondary N) is 1. The van der Waals surface area contributed by atoms with Crippen molar-refractivity contribution in [1.29, 1.82) is 0 Å². The van der Waals surface area contributed by atoms with Gasteiger partial charge in [-0.2, -0.15) is 0 Å². The van der Waals surface area contributed by atoms with Crippen molar-refractivity contribution in [3.63, 3.8) is 0 Å². The highest BCUT2D eigenvalue weighted by Gasteiger charge is 2.24. The van der Waals surface area contributed by atoms with E-state index in [1.54, 1.807) is 11.0 Å². The summed E-state index contributed by atoms with van der Waals surface area (Å²) < 4.78 is 7.23. The van der Waals surface area contributed by atoms with E-state index in [2.05, 4.69) is 46.8 Å². The Labute approximate surface area is 111 Å². The Morgan fingerprint density at radius 3 is 3.00 bits per heavy atom. The Morgan fingerprint density at radius 2 is 2.32 bits per heavy atom. The van der Waals surface area contributed by atoms with E-state index < -0.39 is 0 Å². The number of anilines is 1. The molecule has 1 aromatic heterocycles. The largest absolute Gasteiger partial charge is 0.379 e. The molecule has 1 aromatic carbocycles. The molecule has 2 unspecified atom stereocenters. The third-order valence-corrected chi connectivity index (χ3v) is 3.55. The first kappa shape index (κ1) is 12.1. The molecule has 0 bridgehead atoms. The van der Waals surface area contributed by atoms with Crippen LogP contribution in [0.3, 0.4) is 0 Å². The van der Waals surface area contributed by atoms with Gasteiger partial charge in [-0.25, -0.2) is 4.68 Å². The zero-order chi connectivity index (χ0) is 13.2. The average Bonchev–Trinajstić information content (AvgIpc) is 3.05. The molecule has 6 heteroatoms. The third kappa shape index (κ3) is 2.44. The molecule has 6 nitrogen and oxygen atoms in total. The van der Waals surface area contributed by atoms with Crippen LogP contribution in [0.1, 0.15) is 18.9 Å². The molecule has 1 aliphatic heterocycles. The summed E-state index contributed by atoms with van der Waals surface area (Å²) in [6.45, 7) is 5.02. The summed E-state index contributed by atoms with van der Waals surface area (Å²) in [6, 6.07) is 6.50. The molecule has 1 saturated heterocycles. The summed E-state index contributed by atoms with van der Waals surface area (Å²) in [4.78, 5) is 0. The monoisotopic (exact) mass is 259 g/mol. The summed E-state index contributed by atoms with van der Waals surface area (Å²) in [7, 11) is 0. The highest BCUT2D eigenvalue weighted by Crippen LogP contribution is 2.23. The quantitative estimate of drug-likeness (QED) is 0.906. The number of benzene rings is 1. The molecular weight excluding hydrogens is 242 g/mol. The van der Waals surface area contributed by atoms with Crippen molar-refractivity contribution in [2.24, 2.45) is 0 Å². The zero-order valence-electron chi connectivity index (χ0n) is 11.1. The summed E-state index contributed by atoms with van der Waals surface area (Å²) in [5.41, 5.74) is 3.26. The van der Waals surface area contributed by atoms with Crippen LogP contribution in [0, 0.1) is 6.92 Å². The molecule has 3 rings (SSSR count). The lowest BCUT2D eigenvalue weighted by Gasteiger charge is -2.19. The van der Waals surface area contributed by atoms with Crippen molar-refractivity contribution in [2.45, 2.75) is 32.4 Å². The highest BCUT2D eigenvalue weighted by molar-refractivity contribution is 5.57. The number of hydrogen-bond acceptors (Lipinski definition) is 5. The second kappa shape index (κ2) is 4.97. The van der Waals surface area contributed by atoms with Gasteiger partial charge in [0, 0.05) is 12.3 Å². The van der Waals surface area contributed by atoms with Crippen LogP contribution >= 0.6 is 0 Å². The first-order chi connectivity index (χ1) is 9.24. The molecule has 2 atom stereocenters. The second-order valence-corrected chi connectivity index (χ2v) is 4.87. The van der Waals surface area contributed by atoms with Gasteiger partial charge in [0.15, 0.2) is 0 Å². The number of aromatic nitrogens is 4. The number of ether oxygens (including phenoxy) is 1. The van der Waals surface area contributed by atoms with Crippen LogP contribution in [0.4, 0.5) is 5.69 Å². The minimum atomic E-state index is 0.246. The molecule has 19 heavy (non-hydrogen) atoms. The van der Waals surface area contributed by atoms with Crippen molar-refractivity contribution in [3.05, 3.63) is 30.1 Å². The van der Waals surface area contributed by atoms with E-state index in [1.165, 1.54) is 5.56 Å². The van der Waals surface area contributed by atoms with Crippen molar-refractivity contribution in [2.75, 3.05) is 11.9 Å². The van der Waals surface area contributed by atoms with Crippen LogP contribution < -0.4 is 5.32 Å². The predicted octanol–water partition coefficient (Wildman–Crippen LogP) is 1.56. The summed E-state index contributed by atoms with van der Waals surface area (Å²) in [6.07, 6.45) is 2.88. The van der Waals surface area contributed by atoms with Gasteiger partial charge >= 0.3 is 0 Å². The van der Waals surface area contributed by atoms with Gasteiger partial charge in [0.25, 0.3) is 0 Å². The van der Waals surface area contributed by atoms with Gasteiger partial charge in [0.2, 0.25) is 0 Å². The van der Waals surface area contributed by atoms with Crippen molar-refractivity contribution in [3.8, 4) is 5.69 Å². The maximum absolute atomic E-state index is 5.58. The molecule has 100 valence electrons. The van der Waals surface area contributed by atoms with Gasteiger partial charge < -0.3 is 10.1 Å². The third-order valence-electron chi connectivity index (χ3n) is 3.55. The summed E-state index contributed by atoms with van der Waals surface area (Å²) >= 11 is 0. The average molecular weight is 259 g/mol. The normalized spacial score (nSPS) is 22.6. The van der Waals surface area contributed by atoms with E-state index >= 15 is 0 Å². The Hall–Kier alpha value is -1.95. The first-order valence-electron chi connectivity index (χ1n) is 6.46. The number of hydrogen-bond donors (Lipinski definition) is 1. The fraction of sp³-hybridized carbons (Fsp3) is 0.462. The SMILES string of the molecule is Cc1ccc(-n2cnnn2)cc1NC1CCOC1C. The molecule has 1 fully saturated rings. The van der Waals surface area contributed by atoms with Crippen LogP contribution in [-0.4, -0.2) is 39.0 Å². The Bertz CT molecular complexity index is 554. The van der Waals surface area contributed by atoms with Gasteiger partial charge in [0.05, 0.1) is 17.8 Å². The number of nitrogens with zero attached hydrogens (tertiary/aromatic N) is 4. The Kier molecular flexibility index (Phi) is 3.16. The number of aryl methyl sites for hydroxylation is 1. The molecule has 0 aliphatic carbocycles. The first-order valence-corrected chi connectivity index (χ1v) is 6.46. The van der Waals surface area contributed by atoms with Crippen LogP contribution in [0.2, 0.25) is 0 Å². The van der Waals surface area contributed by atoms with Crippen LogP contribution in [0.25, 0.3) is 5.69 Å². The molecule has 2 heterocycles. The van der Waals surface area contributed by atoms with Gasteiger partial charge in [0.1, 0.15) is 6.33 Å². The molecule has 0 amide bonds. The van der Waals surface area contributed by atoms with E-state index in [1.807, 2.05) is 6.07 Å². The van der Waals surface area contributed by atoms with Crippen molar-refractivity contribution < 1.29 is 4.74 Å². The van der Waals surface area contributed by atoms with Gasteiger partial charge in [-0.05, 0) is 48.4 Å². The van der Waals surface area contributed by atoms with E-state index in [0.29, 0.717) is 6.04 Å². The minimum absolute atomic E-state index is 0.246. The zero-order valence-corrected chi connectivity index (χ0v) is 11.1. The lowest BCUT2D eigenvalue weighted by Crippen LogP contribution is -2.27. The smallest absolute Gasteiger partial charge is 0.143 e. The van der Waals surface area contributed by atoms with Crippen LogP contribution in [0.5, 0.6) is 0 Å². The number of tetrazole rings is 1. The van der Waals surface area contributed by atoms with Crippen LogP contribution in [-0.2, 0) is 4.74 Å². The summed E-state index contributed by atoms with van der Waals surface area (Å²) in [5, 5.41) is 14.8. The number of rotatable bonds is 3. The fourth-order valence-corrected chi connectivity index (χ4v) is 2.31. The van der Waals surface area contributed by atoms with E-state index in [-0.39, 0.29) is 6.10 Å². The van der Waals surface area contributed by atoms with Crippen LogP contribution in [0.15, 0.2) is 24.5 Å². The fourth-order valence-electron chi connectivity index (χ4n) is 2.31. The standard InChI is InChI=1S/C13H17N5O/c1-9-3-4-11(18-8-14-16-17-18)7-13(9)15-12-5-6-19-10(12)2/h3-4,7-8,10,12,15H,5-6H2,1-2H3. The van der Waals surface area contributed by atoms with Crippen molar-refractivity contribution >= 4 is 5.69 Å². The molecular formula is C13H17N5O.